The van der Waals surface area contributed by atoms with E-state index in [0.29, 0.717) is 19.6 Å². The fourth-order valence-electron chi connectivity index (χ4n) is 3.82. The van der Waals surface area contributed by atoms with Crippen molar-refractivity contribution >= 4 is 11.6 Å². The van der Waals surface area contributed by atoms with Gasteiger partial charge in [-0.05, 0) is 47.5 Å². The second kappa shape index (κ2) is 11.3. The average Bonchev–Trinajstić information content (AvgIpc) is 3.35. The monoisotopic (exact) mass is 459 g/mol. The number of carbonyl (C=O) groups is 1. The quantitative estimate of drug-likeness (QED) is 0.463. The summed E-state index contributed by atoms with van der Waals surface area (Å²) in [5.74, 6) is 2.23. The highest BCUT2D eigenvalue weighted by Crippen LogP contribution is 2.33. The summed E-state index contributed by atoms with van der Waals surface area (Å²) < 4.78 is 16.1. The zero-order valence-electron chi connectivity index (χ0n) is 19.4. The van der Waals surface area contributed by atoms with Crippen LogP contribution in [0.1, 0.15) is 23.6 Å². The van der Waals surface area contributed by atoms with Crippen LogP contribution in [0.2, 0.25) is 0 Å². The molecule has 1 aliphatic rings. The van der Waals surface area contributed by atoms with Crippen molar-refractivity contribution < 1.29 is 19.0 Å². The Morgan fingerprint density at radius 3 is 2.18 bits per heavy atom. The molecule has 1 heterocycles. The van der Waals surface area contributed by atoms with Crippen LogP contribution >= 0.6 is 0 Å². The Balaban J connectivity index is 1.37. The Bertz CT molecular complexity index is 1100. The zero-order valence-corrected chi connectivity index (χ0v) is 19.4. The van der Waals surface area contributed by atoms with Gasteiger partial charge in [-0.1, -0.05) is 42.5 Å². The van der Waals surface area contributed by atoms with Crippen LogP contribution < -0.4 is 19.5 Å². The summed E-state index contributed by atoms with van der Waals surface area (Å²) in [7, 11) is 3.27. The maximum Gasteiger partial charge on any atom is 0.257 e. The first kappa shape index (κ1) is 23.3. The fourth-order valence-corrected chi connectivity index (χ4v) is 3.82. The molecule has 7 heteroatoms. The van der Waals surface area contributed by atoms with Crippen molar-refractivity contribution in [3.05, 3.63) is 90.0 Å². The second-order valence-corrected chi connectivity index (χ2v) is 7.84. The third kappa shape index (κ3) is 5.74. The molecule has 1 aliphatic heterocycles. The van der Waals surface area contributed by atoms with E-state index in [1.165, 1.54) is 0 Å². The first-order valence-electron chi connectivity index (χ1n) is 11.2. The number of rotatable bonds is 10. The van der Waals surface area contributed by atoms with Crippen molar-refractivity contribution in [1.82, 2.24) is 10.3 Å². The van der Waals surface area contributed by atoms with Crippen LogP contribution in [0.4, 0.5) is 0 Å². The summed E-state index contributed by atoms with van der Waals surface area (Å²) in [4.78, 5) is 13.1. The van der Waals surface area contributed by atoms with E-state index < -0.39 is 0 Å². The summed E-state index contributed by atoms with van der Waals surface area (Å²) in [6.07, 6.45) is 0.655. The number of hydrazone groups is 1. The van der Waals surface area contributed by atoms with Crippen molar-refractivity contribution in [2.75, 3.05) is 33.9 Å². The predicted octanol–water partition coefficient (Wildman–Crippen LogP) is 4.05. The van der Waals surface area contributed by atoms with E-state index in [-0.39, 0.29) is 18.5 Å². The molecule has 34 heavy (non-hydrogen) atoms. The number of nitrogens with one attached hydrogen (secondary N) is 1. The highest BCUT2D eigenvalue weighted by molar-refractivity contribution is 6.03. The molecule has 0 radical (unpaired) electrons. The lowest BCUT2D eigenvalue weighted by atomic mass is 9.98. The SMILES string of the molecule is COc1ccc(OCCNCC(=O)N2N=C(c3ccccc3)C[C@@H]2c2ccc(OC)cc2)cc1. The third-order valence-electron chi connectivity index (χ3n) is 5.66. The van der Waals surface area contributed by atoms with E-state index in [1.807, 2.05) is 78.9 Å². The maximum atomic E-state index is 13.1. The van der Waals surface area contributed by atoms with Crippen molar-refractivity contribution in [2.45, 2.75) is 12.5 Å². The Labute approximate surface area is 200 Å². The van der Waals surface area contributed by atoms with Gasteiger partial charge in [0.05, 0.1) is 32.5 Å². The van der Waals surface area contributed by atoms with Gasteiger partial charge in [0.1, 0.15) is 23.9 Å². The largest absolute Gasteiger partial charge is 0.497 e. The van der Waals surface area contributed by atoms with Crippen LogP contribution in [0, 0.1) is 0 Å². The van der Waals surface area contributed by atoms with E-state index in [2.05, 4.69) is 5.32 Å². The molecule has 3 aromatic carbocycles. The topological polar surface area (TPSA) is 72.4 Å². The third-order valence-corrected chi connectivity index (χ3v) is 5.66. The number of hydrogen-bond acceptors (Lipinski definition) is 6. The molecular weight excluding hydrogens is 430 g/mol. The Hall–Kier alpha value is -3.84. The van der Waals surface area contributed by atoms with Gasteiger partial charge >= 0.3 is 0 Å². The lowest BCUT2D eigenvalue weighted by molar-refractivity contribution is -0.132. The molecule has 3 aromatic rings. The van der Waals surface area contributed by atoms with Crippen molar-refractivity contribution in [1.29, 1.82) is 0 Å². The minimum Gasteiger partial charge on any atom is -0.497 e. The summed E-state index contributed by atoms with van der Waals surface area (Å²) in [5.41, 5.74) is 2.95. The van der Waals surface area contributed by atoms with Gasteiger partial charge in [-0.3, -0.25) is 4.79 Å². The van der Waals surface area contributed by atoms with E-state index in [4.69, 9.17) is 19.3 Å². The number of ether oxygens (including phenoxy) is 3. The molecule has 7 nitrogen and oxygen atoms in total. The molecule has 1 atom stereocenters. The molecule has 0 fully saturated rings. The molecule has 1 N–H and O–H groups in total. The molecule has 0 aliphatic carbocycles. The van der Waals surface area contributed by atoms with Crippen LogP contribution in [-0.2, 0) is 4.79 Å². The van der Waals surface area contributed by atoms with Gasteiger partial charge in [0.2, 0.25) is 0 Å². The van der Waals surface area contributed by atoms with Crippen LogP contribution in [0.15, 0.2) is 84.0 Å². The smallest absolute Gasteiger partial charge is 0.257 e. The number of nitrogens with zero attached hydrogens (tertiary/aromatic N) is 2. The van der Waals surface area contributed by atoms with E-state index in [0.717, 1.165) is 34.1 Å². The standard InChI is InChI=1S/C27H29N3O4/c1-32-22-10-8-21(9-11-22)26-18-25(20-6-4-3-5-7-20)29-30(26)27(31)19-28-16-17-34-24-14-12-23(33-2)13-15-24/h3-15,26,28H,16-19H2,1-2H3/t26-/m1/s1. The van der Waals surface area contributed by atoms with Gasteiger partial charge in [-0.2, -0.15) is 5.10 Å². The highest BCUT2D eigenvalue weighted by Gasteiger charge is 2.32. The lowest BCUT2D eigenvalue weighted by Gasteiger charge is -2.22. The summed E-state index contributed by atoms with van der Waals surface area (Å²) in [6.45, 7) is 1.15. The Morgan fingerprint density at radius 2 is 1.53 bits per heavy atom. The molecule has 176 valence electrons. The first-order chi connectivity index (χ1) is 16.7. The van der Waals surface area contributed by atoms with Gasteiger partial charge in [-0.25, -0.2) is 5.01 Å². The average molecular weight is 460 g/mol. The molecular formula is C27H29N3O4. The molecule has 0 aromatic heterocycles. The van der Waals surface area contributed by atoms with Crippen molar-refractivity contribution in [3.8, 4) is 17.2 Å². The van der Waals surface area contributed by atoms with E-state index in [1.54, 1.807) is 19.2 Å². The van der Waals surface area contributed by atoms with Crippen molar-refractivity contribution in [2.24, 2.45) is 5.10 Å². The zero-order chi connectivity index (χ0) is 23.8. The number of carbonyl (C=O) groups excluding carboxylic acids is 1. The highest BCUT2D eigenvalue weighted by atomic mass is 16.5. The Morgan fingerprint density at radius 1 is 0.912 bits per heavy atom. The van der Waals surface area contributed by atoms with Crippen molar-refractivity contribution in [3.63, 3.8) is 0 Å². The predicted molar refractivity (Wildman–Crippen MR) is 132 cm³/mol. The summed E-state index contributed by atoms with van der Waals surface area (Å²) >= 11 is 0. The Kier molecular flexibility index (Phi) is 7.78. The van der Waals surface area contributed by atoms with Crippen LogP contribution in [0.5, 0.6) is 17.2 Å². The molecule has 0 unspecified atom stereocenters. The minimum atomic E-state index is -0.161. The molecule has 0 spiro atoms. The number of methoxy groups -OCH3 is 2. The maximum absolute atomic E-state index is 13.1. The van der Waals surface area contributed by atoms with Crippen LogP contribution in [-0.4, -0.2) is 50.5 Å². The normalized spacial score (nSPS) is 15.1. The second-order valence-electron chi connectivity index (χ2n) is 7.84. The van der Waals surface area contributed by atoms with Crippen LogP contribution in [0.25, 0.3) is 0 Å². The number of benzene rings is 3. The lowest BCUT2D eigenvalue weighted by Crippen LogP contribution is -2.36. The molecule has 4 rings (SSSR count). The minimum absolute atomic E-state index is 0.0869. The van der Waals surface area contributed by atoms with Gasteiger partial charge in [0.25, 0.3) is 5.91 Å². The number of amides is 1. The van der Waals surface area contributed by atoms with E-state index in [9.17, 15) is 4.79 Å². The molecule has 0 bridgehead atoms. The number of hydrogen-bond donors (Lipinski definition) is 1. The van der Waals surface area contributed by atoms with Crippen LogP contribution in [0.3, 0.4) is 0 Å². The molecule has 0 saturated heterocycles. The van der Waals surface area contributed by atoms with Gasteiger partial charge < -0.3 is 19.5 Å². The van der Waals surface area contributed by atoms with E-state index >= 15 is 0 Å². The van der Waals surface area contributed by atoms with Gasteiger partial charge in [0.15, 0.2) is 0 Å². The fraction of sp³-hybridized carbons (Fsp3) is 0.259. The summed E-state index contributed by atoms with van der Waals surface area (Å²) in [5, 5.41) is 9.48. The molecule has 0 saturated carbocycles. The first-order valence-corrected chi connectivity index (χ1v) is 11.2. The molecule has 1 amide bonds. The summed E-state index contributed by atoms with van der Waals surface area (Å²) in [6, 6.07) is 25.0. The van der Waals surface area contributed by atoms with Gasteiger partial charge in [0, 0.05) is 13.0 Å². The van der Waals surface area contributed by atoms with Gasteiger partial charge in [-0.15, -0.1) is 0 Å².